The summed E-state index contributed by atoms with van der Waals surface area (Å²) in [6.45, 7) is 6.61. The van der Waals surface area contributed by atoms with E-state index in [2.05, 4.69) is 25.9 Å². The maximum absolute atomic E-state index is 14.4. The fourth-order valence-corrected chi connectivity index (χ4v) is 5.86. The standard InChI is InChI=1S/C21H21F2N3S/c1-20(2,3)17-11-24-19(27-17)21-7-6-12(9-21)18-14(21)10-25-26(18)16-5-4-13(22)8-15(16)23/h4-5,8,10-12H,6-7,9H2,1-3H3/t12-,21+/m1/s1. The van der Waals surface area contributed by atoms with E-state index in [1.54, 1.807) is 16.0 Å². The van der Waals surface area contributed by atoms with Crippen LogP contribution in [0, 0.1) is 11.6 Å². The topological polar surface area (TPSA) is 30.7 Å². The van der Waals surface area contributed by atoms with E-state index in [0.717, 1.165) is 41.6 Å². The van der Waals surface area contributed by atoms with Gasteiger partial charge in [-0.25, -0.2) is 18.4 Å². The van der Waals surface area contributed by atoms with Gasteiger partial charge in [0.25, 0.3) is 0 Å². The molecule has 2 bridgehead atoms. The minimum absolute atomic E-state index is 0.0768. The minimum atomic E-state index is -0.581. The van der Waals surface area contributed by atoms with Gasteiger partial charge in [0, 0.05) is 28.6 Å². The summed E-state index contributed by atoms with van der Waals surface area (Å²) < 4.78 is 29.4. The number of thiazole rings is 1. The zero-order chi connectivity index (χ0) is 19.0. The van der Waals surface area contributed by atoms with Crippen LogP contribution in [0.1, 0.15) is 67.1 Å². The predicted octanol–water partition coefficient (Wildman–Crippen LogP) is 5.47. The van der Waals surface area contributed by atoms with Gasteiger partial charge in [0.05, 0.1) is 17.3 Å². The van der Waals surface area contributed by atoms with Crippen molar-refractivity contribution in [3.8, 4) is 5.69 Å². The molecule has 27 heavy (non-hydrogen) atoms. The lowest BCUT2D eigenvalue weighted by Crippen LogP contribution is -2.22. The summed E-state index contributed by atoms with van der Waals surface area (Å²) in [4.78, 5) is 6.08. The highest BCUT2D eigenvalue weighted by Crippen LogP contribution is 2.61. The van der Waals surface area contributed by atoms with Crippen molar-refractivity contribution < 1.29 is 8.78 Å². The van der Waals surface area contributed by atoms with Gasteiger partial charge in [0.2, 0.25) is 0 Å². The molecule has 1 aromatic carbocycles. The molecule has 2 heterocycles. The molecule has 3 aromatic rings. The molecule has 2 aromatic heterocycles. The first-order valence-electron chi connectivity index (χ1n) is 9.30. The van der Waals surface area contributed by atoms with E-state index in [1.807, 2.05) is 12.4 Å². The predicted molar refractivity (Wildman–Crippen MR) is 102 cm³/mol. The first kappa shape index (κ1) is 17.0. The Balaban J connectivity index is 1.63. The number of rotatable bonds is 2. The van der Waals surface area contributed by atoms with Crippen LogP contribution in [0.15, 0.2) is 30.6 Å². The molecule has 3 nitrogen and oxygen atoms in total. The van der Waals surface area contributed by atoms with Crippen LogP contribution in [0.25, 0.3) is 5.69 Å². The van der Waals surface area contributed by atoms with Crippen LogP contribution in [-0.2, 0) is 10.8 Å². The van der Waals surface area contributed by atoms with E-state index in [0.29, 0.717) is 11.6 Å². The summed E-state index contributed by atoms with van der Waals surface area (Å²) in [5.41, 5.74) is 2.52. The van der Waals surface area contributed by atoms with Crippen molar-refractivity contribution in [2.45, 2.75) is 56.8 Å². The van der Waals surface area contributed by atoms with Crippen molar-refractivity contribution in [3.05, 3.63) is 63.4 Å². The fourth-order valence-electron chi connectivity index (χ4n) is 4.64. The van der Waals surface area contributed by atoms with Gasteiger partial charge in [-0.1, -0.05) is 20.8 Å². The Hall–Kier alpha value is -2.08. The van der Waals surface area contributed by atoms with E-state index in [9.17, 15) is 8.78 Å². The molecule has 0 radical (unpaired) electrons. The maximum Gasteiger partial charge on any atom is 0.151 e. The normalized spacial score (nSPS) is 23.8. The molecule has 1 saturated carbocycles. The maximum atomic E-state index is 14.4. The van der Waals surface area contributed by atoms with Crippen molar-refractivity contribution in [1.29, 1.82) is 0 Å². The smallest absolute Gasteiger partial charge is 0.151 e. The van der Waals surface area contributed by atoms with Gasteiger partial charge in [-0.3, -0.25) is 0 Å². The van der Waals surface area contributed by atoms with Gasteiger partial charge in [-0.05, 0) is 36.8 Å². The van der Waals surface area contributed by atoms with Gasteiger partial charge in [0.1, 0.15) is 16.5 Å². The molecular weight excluding hydrogens is 364 g/mol. The second-order valence-electron chi connectivity index (χ2n) is 8.75. The van der Waals surface area contributed by atoms with Crippen molar-refractivity contribution >= 4 is 11.3 Å². The van der Waals surface area contributed by atoms with E-state index in [1.165, 1.54) is 17.0 Å². The van der Waals surface area contributed by atoms with Crippen LogP contribution in [-0.4, -0.2) is 14.8 Å². The highest BCUT2D eigenvalue weighted by Gasteiger charge is 2.54. The molecule has 2 aliphatic carbocycles. The second kappa shape index (κ2) is 5.47. The molecule has 0 aliphatic heterocycles. The van der Waals surface area contributed by atoms with E-state index >= 15 is 0 Å². The fraction of sp³-hybridized carbons (Fsp3) is 0.429. The monoisotopic (exact) mass is 385 g/mol. The largest absolute Gasteiger partial charge is 0.248 e. The summed E-state index contributed by atoms with van der Waals surface area (Å²) in [5, 5.41) is 5.64. The number of nitrogens with zero attached hydrogens (tertiary/aromatic N) is 3. The lowest BCUT2D eigenvalue weighted by atomic mass is 9.82. The van der Waals surface area contributed by atoms with E-state index in [4.69, 9.17) is 4.98 Å². The van der Waals surface area contributed by atoms with Crippen LogP contribution in [0.4, 0.5) is 8.78 Å². The molecule has 5 rings (SSSR count). The summed E-state index contributed by atoms with van der Waals surface area (Å²) in [6, 6.07) is 3.67. The average Bonchev–Trinajstić information content (AvgIpc) is 3.35. The number of halogens is 2. The Morgan fingerprint density at radius 1 is 1.22 bits per heavy atom. The number of fused-ring (bicyclic) bond motifs is 5. The Morgan fingerprint density at radius 2 is 2.04 bits per heavy atom. The molecule has 0 spiro atoms. The van der Waals surface area contributed by atoms with Crippen molar-refractivity contribution in [2.24, 2.45) is 0 Å². The molecular formula is C21H21F2N3S. The number of aromatic nitrogens is 3. The Kier molecular flexibility index (Phi) is 3.46. The lowest BCUT2D eigenvalue weighted by Gasteiger charge is -2.24. The van der Waals surface area contributed by atoms with Crippen LogP contribution in [0.5, 0.6) is 0 Å². The average molecular weight is 385 g/mol. The number of hydrogen-bond acceptors (Lipinski definition) is 3. The highest BCUT2D eigenvalue weighted by molar-refractivity contribution is 7.12. The Bertz CT molecular complexity index is 1050. The summed E-state index contributed by atoms with van der Waals surface area (Å²) in [7, 11) is 0. The Morgan fingerprint density at radius 3 is 2.74 bits per heavy atom. The van der Waals surface area contributed by atoms with Gasteiger partial charge in [0.15, 0.2) is 5.82 Å². The molecule has 0 saturated heterocycles. The van der Waals surface area contributed by atoms with Crippen molar-refractivity contribution in [3.63, 3.8) is 0 Å². The van der Waals surface area contributed by atoms with Crippen LogP contribution >= 0.6 is 11.3 Å². The van der Waals surface area contributed by atoms with E-state index in [-0.39, 0.29) is 10.8 Å². The van der Waals surface area contributed by atoms with Crippen LogP contribution in [0.2, 0.25) is 0 Å². The summed E-state index contributed by atoms with van der Waals surface area (Å²) in [5.74, 6) is -0.813. The Labute approximate surface area is 161 Å². The number of hydrogen-bond donors (Lipinski definition) is 0. The first-order chi connectivity index (χ1) is 12.8. The lowest BCUT2D eigenvalue weighted by molar-refractivity contribution is 0.546. The molecule has 6 heteroatoms. The summed E-state index contributed by atoms with van der Waals surface area (Å²) in [6.07, 6.45) is 6.98. The van der Waals surface area contributed by atoms with Gasteiger partial charge in [-0.15, -0.1) is 11.3 Å². The molecule has 0 N–H and O–H groups in total. The minimum Gasteiger partial charge on any atom is -0.248 e. The van der Waals surface area contributed by atoms with Crippen molar-refractivity contribution in [1.82, 2.24) is 14.8 Å². The quantitative estimate of drug-likeness (QED) is 0.585. The molecule has 140 valence electrons. The van der Waals surface area contributed by atoms with Crippen molar-refractivity contribution in [2.75, 3.05) is 0 Å². The highest BCUT2D eigenvalue weighted by atomic mass is 32.1. The van der Waals surface area contributed by atoms with Gasteiger partial charge >= 0.3 is 0 Å². The van der Waals surface area contributed by atoms with Gasteiger partial charge in [-0.2, -0.15) is 5.10 Å². The molecule has 1 fully saturated rings. The third-order valence-electron chi connectivity index (χ3n) is 6.02. The molecule has 0 amide bonds. The van der Waals surface area contributed by atoms with E-state index < -0.39 is 11.6 Å². The summed E-state index contributed by atoms with van der Waals surface area (Å²) >= 11 is 1.79. The van der Waals surface area contributed by atoms with Gasteiger partial charge < -0.3 is 0 Å². The second-order valence-corrected chi connectivity index (χ2v) is 9.78. The zero-order valence-electron chi connectivity index (χ0n) is 15.6. The van der Waals surface area contributed by atoms with Crippen LogP contribution in [0.3, 0.4) is 0 Å². The SMILES string of the molecule is CC(C)(C)c1cnc([C@@]23CC[C@H](C2)c2c3cnn2-c2ccc(F)cc2F)s1. The third kappa shape index (κ3) is 2.35. The molecule has 0 unspecified atom stereocenters. The van der Waals surface area contributed by atoms with Crippen LogP contribution < -0.4 is 0 Å². The zero-order valence-corrected chi connectivity index (χ0v) is 16.4. The molecule has 2 atom stereocenters. The molecule has 2 aliphatic rings. The number of benzene rings is 1. The first-order valence-corrected chi connectivity index (χ1v) is 10.1. The third-order valence-corrected chi connectivity index (χ3v) is 7.64.